The van der Waals surface area contributed by atoms with Crippen LogP contribution in [0.1, 0.15) is 23.3 Å². The van der Waals surface area contributed by atoms with E-state index in [-0.39, 0.29) is 6.10 Å². The molecule has 1 aromatic heterocycles. The average Bonchev–Trinajstić information content (AvgIpc) is 3.03. The lowest BCUT2D eigenvalue weighted by Gasteiger charge is -2.20. The van der Waals surface area contributed by atoms with Crippen molar-refractivity contribution in [1.82, 2.24) is 15.1 Å². The molecule has 1 atom stereocenters. The molecule has 0 spiro atoms. The van der Waals surface area contributed by atoms with E-state index in [1.54, 1.807) is 0 Å². The summed E-state index contributed by atoms with van der Waals surface area (Å²) in [5, 5.41) is 15.4. The number of nitrogens with zero attached hydrogens (tertiary/aromatic N) is 2. The molecule has 3 heterocycles. The predicted octanol–water partition coefficient (Wildman–Crippen LogP) is 1.11. The van der Waals surface area contributed by atoms with Crippen molar-refractivity contribution in [2.24, 2.45) is 0 Å². The zero-order valence-corrected chi connectivity index (χ0v) is 12.9. The summed E-state index contributed by atoms with van der Waals surface area (Å²) < 4.78 is 0. The minimum Gasteiger partial charge on any atom is -0.390 e. The van der Waals surface area contributed by atoms with E-state index in [1.165, 1.54) is 36.4 Å². The van der Waals surface area contributed by atoms with E-state index >= 15 is 0 Å². The first-order chi connectivity index (χ1) is 9.79. The topological polar surface area (TPSA) is 38.7 Å². The lowest BCUT2D eigenvalue weighted by Crippen LogP contribution is -2.32. The van der Waals surface area contributed by atoms with Gasteiger partial charge in [-0.1, -0.05) is 0 Å². The first-order valence-corrected chi connectivity index (χ1v) is 8.57. The van der Waals surface area contributed by atoms with Crippen LogP contribution in [0.15, 0.2) is 11.4 Å². The van der Waals surface area contributed by atoms with Crippen LogP contribution in [0.3, 0.4) is 0 Å². The van der Waals surface area contributed by atoms with E-state index in [0.29, 0.717) is 0 Å². The molecule has 0 aliphatic carbocycles. The fourth-order valence-corrected chi connectivity index (χ4v) is 4.04. The highest BCUT2D eigenvalue weighted by atomic mass is 32.1. The van der Waals surface area contributed by atoms with Crippen molar-refractivity contribution in [3.8, 4) is 0 Å². The standard InChI is InChI=1S/C15H25N3OS/c19-14-8-16-3-6-18(10-14)11-15-7-13(12-20-15)9-17-4-1-2-5-17/h7,12,14,16,19H,1-6,8-11H2. The molecule has 0 saturated carbocycles. The number of aliphatic hydroxyl groups is 1. The van der Waals surface area contributed by atoms with Crippen LogP contribution in [0.5, 0.6) is 0 Å². The van der Waals surface area contributed by atoms with Crippen LogP contribution < -0.4 is 5.32 Å². The molecule has 20 heavy (non-hydrogen) atoms. The first kappa shape index (κ1) is 14.5. The van der Waals surface area contributed by atoms with Gasteiger partial charge in [0.25, 0.3) is 0 Å². The molecule has 3 rings (SSSR count). The molecule has 0 bridgehead atoms. The molecule has 2 N–H and O–H groups in total. The Labute approximate surface area is 125 Å². The van der Waals surface area contributed by atoms with E-state index in [0.717, 1.165) is 39.3 Å². The lowest BCUT2D eigenvalue weighted by atomic mass is 10.2. The van der Waals surface area contributed by atoms with Gasteiger partial charge in [0.1, 0.15) is 0 Å². The highest BCUT2D eigenvalue weighted by molar-refractivity contribution is 7.10. The van der Waals surface area contributed by atoms with Crippen LogP contribution in [0.2, 0.25) is 0 Å². The SMILES string of the molecule is OC1CNCCN(Cc2cc(CN3CCCC3)cs2)C1. The van der Waals surface area contributed by atoms with Gasteiger partial charge in [0.15, 0.2) is 0 Å². The molecule has 2 fully saturated rings. The Hall–Kier alpha value is -0.460. The molecule has 0 amide bonds. The lowest BCUT2D eigenvalue weighted by molar-refractivity contribution is 0.128. The Kier molecular flexibility index (Phi) is 5.07. The fourth-order valence-electron chi connectivity index (χ4n) is 3.11. The summed E-state index contributed by atoms with van der Waals surface area (Å²) in [5.74, 6) is 0. The van der Waals surface area contributed by atoms with Crippen LogP contribution in [0.25, 0.3) is 0 Å². The number of rotatable bonds is 4. The molecule has 5 heteroatoms. The number of β-amino-alcohol motifs (C(OH)–C–C–N with tert-alkyl or cyclic N) is 1. The van der Waals surface area contributed by atoms with E-state index in [2.05, 4.69) is 26.6 Å². The van der Waals surface area contributed by atoms with Crippen LogP contribution >= 0.6 is 11.3 Å². The summed E-state index contributed by atoms with van der Waals surface area (Å²) in [7, 11) is 0. The van der Waals surface area contributed by atoms with Crippen molar-refractivity contribution in [3.05, 3.63) is 21.9 Å². The maximum absolute atomic E-state index is 9.83. The Morgan fingerprint density at radius 1 is 1.20 bits per heavy atom. The number of hydrogen-bond donors (Lipinski definition) is 2. The Balaban J connectivity index is 1.53. The van der Waals surface area contributed by atoms with E-state index in [1.807, 2.05) is 11.3 Å². The Morgan fingerprint density at radius 2 is 2.05 bits per heavy atom. The summed E-state index contributed by atoms with van der Waals surface area (Å²) in [6, 6.07) is 2.35. The third kappa shape index (κ3) is 4.02. The second kappa shape index (κ2) is 7.00. The summed E-state index contributed by atoms with van der Waals surface area (Å²) in [5.41, 5.74) is 1.46. The summed E-state index contributed by atoms with van der Waals surface area (Å²) in [4.78, 5) is 6.33. The smallest absolute Gasteiger partial charge is 0.0791 e. The maximum Gasteiger partial charge on any atom is 0.0791 e. The number of aliphatic hydroxyl groups excluding tert-OH is 1. The van der Waals surface area contributed by atoms with Crippen molar-refractivity contribution < 1.29 is 5.11 Å². The van der Waals surface area contributed by atoms with Crippen LogP contribution in [-0.2, 0) is 13.1 Å². The van der Waals surface area contributed by atoms with Gasteiger partial charge < -0.3 is 10.4 Å². The van der Waals surface area contributed by atoms with Crippen LogP contribution in [0.4, 0.5) is 0 Å². The summed E-state index contributed by atoms with van der Waals surface area (Å²) in [6.07, 6.45) is 2.48. The fraction of sp³-hybridized carbons (Fsp3) is 0.733. The molecule has 0 aromatic carbocycles. The Morgan fingerprint density at radius 3 is 2.90 bits per heavy atom. The molecule has 2 aliphatic rings. The largest absolute Gasteiger partial charge is 0.390 e. The van der Waals surface area contributed by atoms with Gasteiger partial charge in [-0.2, -0.15) is 0 Å². The van der Waals surface area contributed by atoms with Crippen molar-refractivity contribution in [2.75, 3.05) is 39.3 Å². The quantitative estimate of drug-likeness (QED) is 0.873. The normalized spacial score (nSPS) is 25.9. The van der Waals surface area contributed by atoms with E-state index in [9.17, 15) is 5.11 Å². The van der Waals surface area contributed by atoms with Gasteiger partial charge in [-0.05, 0) is 42.9 Å². The highest BCUT2D eigenvalue weighted by Gasteiger charge is 2.17. The molecule has 1 unspecified atom stereocenters. The summed E-state index contributed by atoms with van der Waals surface area (Å²) >= 11 is 1.86. The molecule has 2 saturated heterocycles. The molecular weight excluding hydrogens is 270 g/mol. The van der Waals surface area contributed by atoms with Gasteiger partial charge in [-0.25, -0.2) is 0 Å². The van der Waals surface area contributed by atoms with Crippen molar-refractivity contribution in [3.63, 3.8) is 0 Å². The zero-order chi connectivity index (χ0) is 13.8. The van der Waals surface area contributed by atoms with Crippen LogP contribution in [0, 0.1) is 0 Å². The van der Waals surface area contributed by atoms with Gasteiger partial charge in [0.2, 0.25) is 0 Å². The van der Waals surface area contributed by atoms with Gasteiger partial charge >= 0.3 is 0 Å². The number of nitrogens with one attached hydrogen (secondary N) is 1. The highest BCUT2D eigenvalue weighted by Crippen LogP contribution is 2.20. The van der Waals surface area contributed by atoms with Crippen molar-refractivity contribution >= 4 is 11.3 Å². The number of likely N-dealkylation sites (tertiary alicyclic amines) is 1. The second-order valence-electron chi connectivity index (χ2n) is 6.00. The molecule has 4 nitrogen and oxygen atoms in total. The van der Waals surface area contributed by atoms with E-state index in [4.69, 9.17) is 0 Å². The van der Waals surface area contributed by atoms with Gasteiger partial charge in [0, 0.05) is 44.1 Å². The monoisotopic (exact) mass is 295 g/mol. The summed E-state index contributed by atoms with van der Waals surface area (Å²) in [6.45, 7) is 8.11. The molecule has 1 aromatic rings. The van der Waals surface area contributed by atoms with Crippen molar-refractivity contribution in [2.45, 2.75) is 32.0 Å². The molecule has 2 aliphatic heterocycles. The zero-order valence-electron chi connectivity index (χ0n) is 12.1. The molecule has 112 valence electrons. The van der Waals surface area contributed by atoms with Gasteiger partial charge in [-0.15, -0.1) is 11.3 Å². The van der Waals surface area contributed by atoms with E-state index < -0.39 is 0 Å². The third-order valence-corrected chi connectivity index (χ3v) is 5.12. The minimum absolute atomic E-state index is 0.235. The van der Waals surface area contributed by atoms with Crippen molar-refractivity contribution in [1.29, 1.82) is 0 Å². The molecule has 0 radical (unpaired) electrons. The molecular formula is C15H25N3OS. The van der Waals surface area contributed by atoms with Gasteiger partial charge in [0.05, 0.1) is 6.10 Å². The van der Waals surface area contributed by atoms with Crippen LogP contribution in [-0.4, -0.2) is 60.3 Å². The number of hydrogen-bond acceptors (Lipinski definition) is 5. The van der Waals surface area contributed by atoms with Gasteiger partial charge in [-0.3, -0.25) is 9.80 Å². The predicted molar refractivity (Wildman–Crippen MR) is 83.0 cm³/mol. The average molecular weight is 295 g/mol. The Bertz CT molecular complexity index is 417. The number of thiophene rings is 1. The first-order valence-electron chi connectivity index (χ1n) is 7.69. The second-order valence-corrected chi connectivity index (χ2v) is 6.99. The maximum atomic E-state index is 9.83. The minimum atomic E-state index is -0.235. The third-order valence-electron chi connectivity index (χ3n) is 4.15.